The lowest BCUT2D eigenvalue weighted by atomic mass is 10.3. The van der Waals surface area contributed by atoms with E-state index in [4.69, 9.17) is 0 Å². The van der Waals surface area contributed by atoms with E-state index in [-0.39, 0.29) is 18.4 Å². The summed E-state index contributed by atoms with van der Waals surface area (Å²) in [5.41, 5.74) is 1.43. The number of halogens is 1. The highest BCUT2D eigenvalue weighted by Gasteiger charge is 2.14. The Hall–Kier alpha value is -2.21. The van der Waals surface area contributed by atoms with Gasteiger partial charge in [0.25, 0.3) is 0 Å². The highest BCUT2D eigenvalue weighted by molar-refractivity contribution is 9.10. The predicted molar refractivity (Wildman–Crippen MR) is 88.1 cm³/mol. The van der Waals surface area contributed by atoms with E-state index in [1.807, 2.05) is 30.3 Å². The molecular weight excluding hydrogens is 346 g/mol. The quantitative estimate of drug-likeness (QED) is 0.890. The molecule has 6 heteroatoms. The molecule has 0 bridgehead atoms. The second kappa shape index (κ2) is 7.70. The van der Waals surface area contributed by atoms with Gasteiger partial charge in [-0.2, -0.15) is 0 Å². The number of aromatic nitrogens is 1. The number of rotatable bonds is 5. The van der Waals surface area contributed by atoms with Crippen molar-refractivity contribution < 1.29 is 9.59 Å². The van der Waals surface area contributed by atoms with Gasteiger partial charge in [-0.1, -0.05) is 22.0 Å². The Morgan fingerprint density at radius 1 is 1.18 bits per heavy atom. The fourth-order valence-corrected chi connectivity index (χ4v) is 2.14. The van der Waals surface area contributed by atoms with Gasteiger partial charge in [-0.3, -0.25) is 14.6 Å². The number of hydrogen-bond acceptors (Lipinski definition) is 3. The Balaban J connectivity index is 1.97. The van der Waals surface area contributed by atoms with Gasteiger partial charge < -0.3 is 10.2 Å². The van der Waals surface area contributed by atoms with Crippen molar-refractivity contribution in [3.05, 3.63) is 58.8 Å². The van der Waals surface area contributed by atoms with E-state index in [0.717, 1.165) is 10.2 Å². The summed E-state index contributed by atoms with van der Waals surface area (Å²) >= 11 is 3.34. The predicted octanol–water partition coefficient (Wildman–Crippen LogP) is 2.83. The molecule has 114 valence electrons. The molecule has 0 radical (unpaired) electrons. The van der Waals surface area contributed by atoms with Crippen LogP contribution in [-0.4, -0.2) is 28.2 Å². The van der Waals surface area contributed by atoms with Gasteiger partial charge in [-0.15, -0.1) is 0 Å². The molecule has 0 aliphatic rings. The molecule has 1 aromatic heterocycles. The number of carbonyl (C=O) groups is 2. The van der Waals surface area contributed by atoms with Gasteiger partial charge in [0.05, 0.1) is 12.2 Å². The van der Waals surface area contributed by atoms with Crippen molar-refractivity contribution in [2.75, 3.05) is 11.9 Å². The largest absolute Gasteiger partial charge is 0.328 e. The van der Waals surface area contributed by atoms with Gasteiger partial charge >= 0.3 is 0 Å². The molecule has 0 aliphatic heterocycles. The first-order valence-electron chi connectivity index (χ1n) is 6.75. The smallest absolute Gasteiger partial charge is 0.244 e. The van der Waals surface area contributed by atoms with Crippen LogP contribution in [0.4, 0.5) is 5.69 Å². The van der Waals surface area contributed by atoms with Crippen LogP contribution in [0.2, 0.25) is 0 Å². The number of carbonyl (C=O) groups excluding carboxylic acids is 2. The minimum absolute atomic E-state index is 0.0119. The van der Waals surface area contributed by atoms with Crippen molar-refractivity contribution in [3.63, 3.8) is 0 Å². The number of nitrogens with one attached hydrogen (secondary N) is 1. The Morgan fingerprint density at radius 3 is 2.50 bits per heavy atom. The fourth-order valence-electron chi connectivity index (χ4n) is 1.87. The Bertz CT molecular complexity index is 644. The maximum absolute atomic E-state index is 12.1. The van der Waals surface area contributed by atoms with Crippen molar-refractivity contribution in [2.24, 2.45) is 0 Å². The Morgan fingerprint density at radius 2 is 1.91 bits per heavy atom. The molecule has 0 saturated carbocycles. The lowest BCUT2D eigenvalue weighted by Gasteiger charge is -2.20. The Labute approximate surface area is 137 Å². The van der Waals surface area contributed by atoms with E-state index < -0.39 is 0 Å². The maximum atomic E-state index is 12.1. The molecule has 0 fully saturated rings. The van der Waals surface area contributed by atoms with E-state index >= 15 is 0 Å². The first kappa shape index (κ1) is 16.2. The number of nitrogens with zero attached hydrogens (tertiary/aromatic N) is 2. The van der Waals surface area contributed by atoms with Crippen LogP contribution >= 0.6 is 15.9 Å². The lowest BCUT2D eigenvalue weighted by molar-refractivity contribution is -0.133. The van der Waals surface area contributed by atoms with Gasteiger partial charge in [0.2, 0.25) is 11.8 Å². The van der Waals surface area contributed by atoms with Crippen LogP contribution in [0.1, 0.15) is 12.6 Å². The van der Waals surface area contributed by atoms with Crippen LogP contribution in [0.3, 0.4) is 0 Å². The van der Waals surface area contributed by atoms with Gasteiger partial charge in [0, 0.05) is 23.3 Å². The van der Waals surface area contributed by atoms with E-state index in [1.54, 1.807) is 18.3 Å². The van der Waals surface area contributed by atoms with Crippen LogP contribution in [0.25, 0.3) is 0 Å². The fraction of sp³-hybridized carbons (Fsp3) is 0.188. The van der Waals surface area contributed by atoms with Gasteiger partial charge in [0.1, 0.15) is 6.54 Å². The maximum Gasteiger partial charge on any atom is 0.244 e. The molecule has 1 aromatic carbocycles. The van der Waals surface area contributed by atoms with Crippen molar-refractivity contribution in [3.8, 4) is 0 Å². The van der Waals surface area contributed by atoms with Crippen LogP contribution in [-0.2, 0) is 16.1 Å². The molecule has 0 saturated heterocycles. The third-order valence-electron chi connectivity index (χ3n) is 2.99. The number of benzene rings is 1. The topological polar surface area (TPSA) is 62.3 Å². The van der Waals surface area contributed by atoms with E-state index in [9.17, 15) is 9.59 Å². The van der Waals surface area contributed by atoms with Gasteiger partial charge in [-0.25, -0.2) is 0 Å². The highest BCUT2D eigenvalue weighted by atomic mass is 79.9. The van der Waals surface area contributed by atoms with Crippen LogP contribution < -0.4 is 5.32 Å². The summed E-state index contributed by atoms with van der Waals surface area (Å²) in [5, 5.41) is 2.77. The highest BCUT2D eigenvalue weighted by Crippen LogP contribution is 2.14. The Kier molecular flexibility index (Phi) is 5.66. The average molecular weight is 362 g/mol. The molecule has 2 rings (SSSR count). The van der Waals surface area contributed by atoms with Gasteiger partial charge in [0.15, 0.2) is 0 Å². The molecule has 22 heavy (non-hydrogen) atoms. The zero-order chi connectivity index (χ0) is 15.9. The molecular formula is C16H16BrN3O2. The molecule has 0 spiro atoms. The normalized spacial score (nSPS) is 10.1. The zero-order valence-corrected chi connectivity index (χ0v) is 13.7. The molecule has 0 atom stereocenters. The molecule has 0 unspecified atom stereocenters. The van der Waals surface area contributed by atoms with Crippen molar-refractivity contribution in [1.82, 2.24) is 9.88 Å². The number of hydrogen-bond donors (Lipinski definition) is 1. The number of amides is 2. The molecule has 5 nitrogen and oxygen atoms in total. The summed E-state index contributed by atoms with van der Waals surface area (Å²) in [7, 11) is 0. The summed E-state index contributed by atoms with van der Waals surface area (Å²) < 4.78 is 0.936. The monoisotopic (exact) mass is 361 g/mol. The molecule has 0 aliphatic carbocycles. The molecule has 2 amide bonds. The van der Waals surface area contributed by atoms with E-state index in [2.05, 4.69) is 26.2 Å². The minimum Gasteiger partial charge on any atom is -0.328 e. The van der Waals surface area contributed by atoms with E-state index in [0.29, 0.717) is 12.2 Å². The zero-order valence-electron chi connectivity index (χ0n) is 12.1. The van der Waals surface area contributed by atoms with Crippen LogP contribution in [0.15, 0.2) is 53.1 Å². The summed E-state index contributed by atoms with van der Waals surface area (Å²) in [6.45, 7) is 1.74. The summed E-state index contributed by atoms with van der Waals surface area (Å²) in [4.78, 5) is 29.4. The average Bonchev–Trinajstić information content (AvgIpc) is 2.50. The second-order valence-electron chi connectivity index (χ2n) is 4.75. The third-order valence-corrected chi connectivity index (χ3v) is 3.52. The third kappa shape index (κ3) is 4.96. The SMILES string of the molecule is CC(=O)N(CC(=O)Nc1ccc(Br)cc1)Cc1ccccn1. The molecule has 1 N–H and O–H groups in total. The summed E-state index contributed by atoms with van der Waals surface area (Å²) in [6, 6.07) is 12.7. The van der Waals surface area contributed by atoms with Crippen LogP contribution in [0.5, 0.6) is 0 Å². The first-order valence-corrected chi connectivity index (χ1v) is 7.55. The molecule has 1 heterocycles. The summed E-state index contributed by atoms with van der Waals surface area (Å²) in [6.07, 6.45) is 1.66. The summed E-state index contributed by atoms with van der Waals surface area (Å²) in [5.74, 6) is -0.412. The van der Waals surface area contributed by atoms with Gasteiger partial charge in [-0.05, 0) is 36.4 Å². The minimum atomic E-state index is -0.242. The van der Waals surface area contributed by atoms with E-state index in [1.165, 1.54) is 11.8 Å². The van der Waals surface area contributed by atoms with Crippen molar-refractivity contribution >= 4 is 33.4 Å². The molecule has 2 aromatic rings. The lowest BCUT2D eigenvalue weighted by Crippen LogP contribution is -2.36. The first-order chi connectivity index (χ1) is 10.5. The van der Waals surface area contributed by atoms with Crippen molar-refractivity contribution in [1.29, 1.82) is 0 Å². The standard InChI is InChI=1S/C16H16BrN3O2/c1-12(21)20(10-15-4-2-3-9-18-15)11-16(22)19-14-7-5-13(17)6-8-14/h2-9H,10-11H2,1H3,(H,19,22). The van der Waals surface area contributed by atoms with Crippen molar-refractivity contribution in [2.45, 2.75) is 13.5 Å². The number of pyridine rings is 1. The van der Waals surface area contributed by atoms with Crippen LogP contribution in [0, 0.1) is 0 Å². The number of anilines is 1. The second-order valence-corrected chi connectivity index (χ2v) is 5.67.